The van der Waals surface area contributed by atoms with Crippen LogP contribution in [-0.4, -0.2) is 84.0 Å². The van der Waals surface area contributed by atoms with Crippen LogP contribution in [0.25, 0.3) is 22.2 Å². The number of H-pyrrole nitrogens is 1. The van der Waals surface area contributed by atoms with Crippen molar-refractivity contribution >= 4 is 28.1 Å². The highest BCUT2D eigenvalue weighted by Crippen LogP contribution is 2.35. The van der Waals surface area contributed by atoms with E-state index >= 15 is 0 Å². The molecule has 6 heteroatoms. The molecule has 3 heterocycles. The van der Waals surface area contributed by atoms with Crippen LogP contribution in [0.3, 0.4) is 0 Å². The molecule has 3 aromatic rings. The van der Waals surface area contributed by atoms with Gasteiger partial charge in [-0.2, -0.15) is 0 Å². The lowest BCUT2D eigenvalue weighted by molar-refractivity contribution is 0.0595. The normalized spacial score (nSPS) is 20.0. The first-order valence-corrected chi connectivity index (χ1v) is 14.4. The summed E-state index contributed by atoms with van der Waals surface area (Å²) in [6.07, 6.45) is 9.92. The van der Waals surface area contributed by atoms with E-state index in [0.29, 0.717) is 6.04 Å². The zero-order valence-corrected chi connectivity index (χ0v) is 23.1. The third-order valence-electron chi connectivity index (χ3n) is 8.37. The summed E-state index contributed by atoms with van der Waals surface area (Å²) in [5.74, 6) is 0.130. The molecule has 2 aromatic carbocycles. The van der Waals surface area contributed by atoms with Gasteiger partial charge in [0.25, 0.3) is 5.91 Å². The first-order valence-electron chi connectivity index (χ1n) is 14.4. The van der Waals surface area contributed by atoms with Gasteiger partial charge in [-0.3, -0.25) is 9.69 Å². The van der Waals surface area contributed by atoms with Gasteiger partial charge in [0.1, 0.15) is 0 Å². The second-order valence-corrected chi connectivity index (χ2v) is 11.1. The lowest BCUT2D eigenvalue weighted by Crippen LogP contribution is -2.50. The van der Waals surface area contributed by atoms with Crippen molar-refractivity contribution in [2.24, 2.45) is 0 Å². The van der Waals surface area contributed by atoms with Gasteiger partial charge in [-0.25, -0.2) is 0 Å². The van der Waals surface area contributed by atoms with Crippen LogP contribution in [0.4, 0.5) is 0 Å². The molecule has 6 rings (SSSR count). The van der Waals surface area contributed by atoms with Gasteiger partial charge in [0.2, 0.25) is 0 Å². The van der Waals surface area contributed by atoms with Gasteiger partial charge < -0.3 is 20.1 Å². The Hall–Kier alpha value is -3.61. The van der Waals surface area contributed by atoms with Crippen LogP contribution in [0, 0.1) is 0 Å². The minimum atomic E-state index is 0.130. The molecule has 0 bridgehead atoms. The van der Waals surface area contributed by atoms with Crippen molar-refractivity contribution in [1.29, 1.82) is 0 Å². The third kappa shape index (κ3) is 5.32. The minimum Gasteiger partial charge on any atom is -0.368 e. The highest BCUT2D eigenvalue weighted by molar-refractivity contribution is 6.01. The van der Waals surface area contributed by atoms with Gasteiger partial charge >= 0.3 is 0 Å². The van der Waals surface area contributed by atoms with Crippen molar-refractivity contribution in [2.75, 3.05) is 52.4 Å². The Kier molecular flexibility index (Phi) is 7.40. The molecule has 2 N–H and O–H groups in total. The predicted molar refractivity (Wildman–Crippen MR) is 160 cm³/mol. The summed E-state index contributed by atoms with van der Waals surface area (Å²) in [6.45, 7) is 11.8. The number of fused-ring (bicyclic) bond motifs is 1. The fourth-order valence-electron chi connectivity index (χ4n) is 6.08. The molecule has 3 aliphatic rings. The van der Waals surface area contributed by atoms with Crippen LogP contribution in [0.15, 0.2) is 78.5 Å². The number of rotatable bonds is 5. The molecule has 2 saturated heterocycles. The smallest absolute Gasteiger partial charge is 0.254 e. The van der Waals surface area contributed by atoms with Crippen molar-refractivity contribution in [3.05, 3.63) is 95.2 Å². The molecule has 1 amide bonds. The quantitative estimate of drug-likeness (QED) is 0.497. The van der Waals surface area contributed by atoms with E-state index in [4.69, 9.17) is 0 Å². The molecule has 0 saturated carbocycles. The summed E-state index contributed by atoms with van der Waals surface area (Å²) in [4.78, 5) is 23.8. The summed E-state index contributed by atoms with van der Waals surface area (Å²) in [5.41, 5.74) is 8.16. The van der Waals surface area contributed by atoms with Crippen LogP contribution in [0.2, 0.25) is 0 Å². The van der Waals surface area contributed by atoms with Gasteiger partial charge in [0, 0.05) is 92.3 Å². The van der Waals surface area contributed by atoms with Gasteiger partial charge in [-0.15, -0.1) is 0 Å². The maximum absolute atomic E-state index is 13.4. The van der Waals surface area contributed by atoms with E-state index in [-0.39, 0.29) is 5.91 Å². The third-order valence-corrected chi connectivity index (χ3v) is 8.37. The molecule has 2 aliphatic heterocycles. The number of allylic oxidation sites excluding steroid dienone is 5. The zero-order valence-electron chi connectivity index (χ0n) is 23.1. The fourth-order valence-corrected chi connectivity index (χ4v) is 6.08. The molecule has 1 aliphatic carbocycles. The van der Waals surface area contributed by atoms with Crippen molar-refractivity contribution in [3.63, 3.8) is 0 Å². The van der Waals surface area contributed by atoms with E-state index in [1.807, 2.05) is 17.0 Å². The molecular weight excluding hydrogens is 482 g/mol. The van der Waals surface area contributed by atoms with Crippen molar-refractivity contribution in [1.82, 2.24) is 25.0 Å². The Labute approximate surface area is 231 Å². The molecule has 0 radical (unpaired) electrons. The number of carbonyl (C=O) groups is 1. The number of hydrogen-bond acceptors (Lipinski definition) is 4. The molecule has 39 heavy (non-hydrogen) atoms. The van der Waals surface area contributed by atoms with Crippen LogP contribution in [-0.2, 0) is 0 Å². The number of nitrogens with one attached hydrogen (secondary N) is 2. The lowest BCUT2D eigenvalue weighted by Gasteiger charge is -2.37. The number of hydrogen-bond donors (Lipinski definition) is 2. The average Bonchev–Trinajstić information content (AvgIpc) is 3.41. The predicted octanol–water partition coefficient (Wildman–Crippen LogP) is 4.99. The van der Waals surface area contributed by atoms with Crippen LogP contribution in [0.1, 0.15) is 41.8 Å². The van der Waals surface area contributed by atoms with E-state index in [9.17, 15) is 4.79 Å². The summed E-state index contributed by atoms with van der Waals surface area (Å²) >= 11 is 0. The molecule has 6 nitrogen and oxygen atoms in total. The number of nitrogens with zero attached hydrogens (tertiary/aromatic N) is 3. The molecule has 1 aromatic heterocycles. The maximum atomic E-state index is 13.4. The molecule has 0 spiro atoms. The van der Waals surface area contributed by atoms with Crippen molar-refractivity contribution in [3.8, 4) is 0 Å². The number of amides is 1. The Morgan fingerprint density at radius 1 is 0.872 bits per heavy atom. The van der Waals surface area contributed by atoms with Crippen molar-refractivity contribution < 1.29 is 4.79 Å². The fraction of sp³-hybridized carbons (Fsp3) is 0.364. The van der Waals surface area contributed by atoms with E-state index in [0.717, 1.165) is 69.9 Å². The van der Waals surface area contributed by atoms with Gasteiger partial charge in [-0.1, -0.05) is 54.6 Å². The largest absolute Gasteiger partial charge is 0.368 e. The number of piperazine rings is 2. The summed E-state index contributed by atoms with van der Waals surface area (Å²) in [5, 5.41) is 4.67. The number of aromatic amines is 1. The Morgan fingerprint density at radius 3 is 2.33 bits per heavy atom. The second kappa shape index (κ2) is 11.2. The standard InChI is InChI=1S/C33H39N5O/c1-24(2)36-18-20-38(21-19-36)33(39)28-12-13-29-30(23-35-31(29)22-28)32(37-16-14-34-15-17-37)27-10-8-26(9-11-27)25-6-4-3-5-7-25/h3-10,12-13,22-24,34-35H,11,14-21H2,1-2H3. The van der Waals surface area contributed by atoms with Crippen LogP contribution < -0.4 is 5.32 Å². The first kappa shape index (κ1) is 25.7. The zero-order chi connectivity index (χ0) is 26.8. The SMILES string of the molecule is CC(C)N1CCN(C(=O)c2ccc3c(C(=C4C=CC(c5ccccc5)=CC4)N4CCNCC4)c[nH]c3c2)CC1. The molecule has 0 atom stereocenters. The second-order valence-electron chi connectivity index (χ2n) is 11.1. The molecular formula is C33H39N5O. The number of carbonyl (C=O) groups excluding carboxylic acids is 1. The summed E-state index contributed by atoms with van der Waals surface area (Å²) < 4.78 is 0. The van der Waals surface area contributed by atoms with E-state index in [1.165, 1.54) is 33.4 Å². The average molecular weight is 522 g/mol. The lowest BCUT2D eigenvalue weighted by atomic mass is 9.93. The molecule has 202 valence electrons. The van der Waals surface area contributed by atoms with E-state index in [1.54, 1.807) is 0 Å². The van der Waals surface area contributed by atoms with E-state index < -0.39 is 0 Å². The van der Waals surface area contributed by atoms with Crippen LogP contribution in [0.5, 0.6) is 0 Å². The topological polar surface area (TPSA) is 54.6 Å². The number of aromatic nitrogens is 1. The highest BCUT2D eigenvalue weighted by atomic mass is 16.2. The summed E-state index contributed by atoms with van der Waals surface area (Å²) in [6, 6.07) is 17.3. The minimum absolute atomic E-state index is 0.130. The number of benzene rings is 2. The van der Waals surface area contributed by atoms with E-state index in [2.05, 4.69) is 94.8 Å². The van der Waals surface area contributed by atoms with Crippen molar-refractivity contribution in [2.45, 2.75) is 26.3 Å². The monoisotopic (exact) mass is 521 g/mol. The highest BCUT2D eigenvalue weighted by Gasteiger charge is 2.25. The maximum Gasteiger partial charge on any atom is 0.254 e. The molecule has 2 fully saturated rings. The first-order chi connectivity index (χ1) is 19.1. The Morgan fingerprint density at radius 2 is 1.64 bits per heavy atom. The van der Waals surface area contributed by atoms with Gasteiger partial charge in [0.05, 0.1) is 0 Å². The van der Waals surface area contributed by atoms with Gasteiger partial charge in [-0.05, 0) is 49.1 Å². The van der Waals surface area contributed by atoms with Gasteiger partial charge in [0.15, 0.2) is 0 Å². The van der Waals surface area contributed by atoms with Crippen LogP contribution >= 0.6 is 0 Å². The Balaban J connectivity index is 1.29. The summed E-state index contributed by atoms with van der Waals surface area (Å²) in [7, 11) is 0. The Bertz CT molecular complexity index is 1420. The molecule has 0 unspecified atom stereocenters.